The van der Waals surface area contributed by atoms with E-state index in [1.807, 2.05) is 18.7 Å². The van der Waals surface area contributed by atoms with Gasteiger partial charge in [-0.2, -0.15) is 0 Å². The third-order valence-corrected chi connectivity index (χ3v) is 9.30. The predicted octanol–water partition coefficient (Wildman–Crippen LogP) is 3.24. The summed E-state index contributed by atoms with van der Waals surface area (Å²) in [5, 5.41) is 9.38. The second-order valence-electron chi connectivity index (χ2n) is 11.5. The van der Waals surface area contributed by atoms with Crippen LogP contribution >= 0.6 is 0 Å². The van der Waals surface area contributed by atoms with E-state index in [4.69, 9.17) is 9.47 Å². The third-order valence-electron chi connectivity index (χ3n) is 9.30. The molecule has 2 amide bonds. The monoisotopic (exact) mass is 516 g/mol. The van der Waals surface area contributed by atoms with Gasteiger partial charge in [-0.1, -0.05) is 38.3 Å². The van der Waals surface area contributed by atoms with Crippen LogP contribution in [0.1, 0.15) is 71.6 Å². The van der Waals surface area contributed by atoms with Crippen molar-refractivity contribution in [3.8, 4) is 0 Å². The summed E-state index contributed by atoms with van der Waals surface area (Å²) in [6.07, 6.45) is 10.8. The molecule has 4 rings (SSSR count). The minimum Gasteiger partial charge on any atom is -0.465 e. The van der Waals surface area contributed by atoms with Crippen LogP contribution in [0.3, 0.4) is 0 Å². The summed E-state index contributed by atoms with van der Waals surface area (Å²) in [6, 6.07) is -0.698. The van der Waals surface area contributed by atoms with E-state index in [2.05, 4.69) is 13.2 Å². The number of likely N-dealkylation sites (tertiary alicyclic amines) is 1. The number of hydrogen-bond acceptors (Lipinski definition) is 6. The van der Waals surface area contributed by atoms with Gasteiger partial charge in [0.2, 0.25) is 11.8 Å². The second-order valence-corrected chi connectivity index (χ2v) is 11.5. The molecule has 1 N–H and O–H groups in total. The molecule has 8 heteroatoms. The van der Waals surface area contributed by atoms with Crippen molar-refractivity contribution in [2.75, 3.05) is 26.3 Å². The Kier molecular flexibility index (Phi) is 8.48. The summed E-state index contributed by atoms with van der Waals surface area (Å²) in [4.78, 5) is 45.6. The summed E-state index contributed by atoms with van der Waals surface area (Å²) in [7, 11) is 0. The van der Waals surface area contributed by atoms with Crippen molar-refractivity contribution in [1.82, 2.24) is 9.80 Å². The van der Waals surface area contributed by atoms with E-state index in [9.17, 15) is 19.5 Å². The number of ether oxygens (including phenoxy) is 2. The largest absolute Gasteiger partial charge is 0.465 e. The molecule has 0 aromatic heterocycles. The van der Waals surface area contributed by atoms with Gasteiger partial charge in [-0.15, -0.1) is 13.2 Å². The average Bonchev–Trinajstić information content (AvgIpc) is 3.39. The van der Waals surface area contributed by atoms with Gasteiger partial charge in [-0.05, 0) is 51.4 Å². The van der Waals surface area contributed by atoms with Crippen LogP contribution in [0.4, 0.5) is 0 Å². The van der Waals surface area contributed by atoms with Gasteiger partial charge in [0.05, 0.1) is 18.1 Å². The SMILES string of the molecule is C=CCCOC(=O)[C@H]1[C@H]2C(=O)N(CCCCO)C(C(=O)N(CC=C)C3CCCCC3)C23CC(C)[C@]1(C)O3. The summed E-state index contributed by atoms with van der Waals surface area (Å²) in [6.45, 7) is 12.5. The highest BCUT2D eigenvalue weighted by Crippen LogP contribution is 2.65. The molecule has 8 nitrogen and oxygen atoms in total. The Bertz CT molecular complexity index is 901. The molecule has 3 saturated heterocycles. The van der Waals surface area contributed by atoms with Gasteiger partial charge >= 0.3 is 5.97 Å². The lowest BCUT2D eigenvalue weighted by atomic mass is 9.62. The smallest absolute Gasteiger partial charge is 0.312 e. The minimum absolute atomic E-state index is 0.0176. The Balaban J connectivity index is 1.73. The van der Waals surface area contributed by atoms with Gasteiger partial charge < -0.3 is 24.4 Å². The Morgan fingerprint density at radius 2 is 1.95 bits per heavy atom. The Hall–Kier alpha value is -2.19. The van der Waals surface area contributed by atoms with Crippen molar-refractivity contribution in [1.29, 1.82) is 0 Å². The summed E-state index contributed by atoms with van der Waals surface area (Å²) < 4.78 is 12.4. The van der Waals surface area contributed by atoms with Crippen molar-refractivity contribution in [2.24, 2.45) is 17.8 Å². The first-order valence-corrected chi connectivity index (χ1v) is 14.1. The fourth-order valence-corrected chi connectivity index (χ4v) is 7.45. The number of aliphatic hydroxyl groups excluding tert-OH is 1. The van der Waals surface area contributed by atoms with Crippen molar-refractivity contribution in [3.05, 3.63) is 25.3 Å². The molecule has 2 bridgehead atoms. The molecule has 206 valence electrons. The zero-order chi connectivity index (χ0) is 26.8. The van der Waals surface area contributed by atoms with E-state index in [0.29, 0.717) is 38.8 Å². The molecule has 1 aliphatic carbocycles. The van der Waals surface area contributed by atoms with Gasteiger partial charge in [0, 0.05) is 25.7 Å². The maximum Gasteiger partial charge on any atom is 0.312 e. The number of fused-ring (bicyclic) bond motifs is 1. The topological polar surface area (TPSA) is 96.4 Å². The zero-order valence-corrected chi connectivity index (χ0v) is 22.5. The summed E-state index contributed by atoms with van der Waals surface area (Å²) >= 11 is 0. The third kappa shape index (κ3) is 4.65. The number of nitrogens with zero attached hydrogens (tertiary/aromatic N) is 2. The first-order valence-electron chi connectivity index (χ1n) is 14.1. The molecule has 0 radical (unpaired) electrons. The number of carbonyl (C=O) groups is 3. The van der Waals surface area contributed by atoms with Crippen molar-refractivity contribution in [2.45, 2.75) is 94.9 Å². The van der Waals surface area contributed by atoms with E-state index in [1.54, 1.807) is 17.1 Å². The number of amides is 2. The van der Waals surface area contributed by atoms with Crippen molar-refractivity contribution >= 4 is 17.8 Å². The molecule has 0 aromatic rings. The van der Waals surface area contributed by atoms with E-state index in [0.717, 1.165) is 25.7 Å². The molecule has 3 unspecified atom stereocenters. The lowest BCUT2D eigenvalue weighted by Crippen LogP contribution is -2.58. The van der Waals surface area contributed by atoms with Crippen LogP contribution < -0.4 is 0 Å². The van der Waals surface area contributed by atoms with E-state index >= 15 is 0 Å². The molecule has 1 saturated carbocycles. The lowest BCUT2D eigenvalue weighted by molar-refractivity contribution is -0.162. The quantitative estimate of drug-likeness (QED) is 0.243. The number of unbranched alkanes of at least 4 members (excludes halogenated alkanes) is 1. The van der Waals surface area contributed by atoms with Crippen LogP contribution in [0.2, 0.25) is 0 Å². The van der Waals surface area contributed by atoms with Crippen molar-refractivity contribution in [3.63, 3.8) is 0 Å². The molecule has 3 aliphatic heterocycles. The van der Waals surface area contributed by atoms with Crippen LogP contribution in [-0.2, 0) is 23.9 Å². The molecular formula is C29H44N2O6. The molecule has 4 fully saturated rings. The van der Waals surface area contributed by atoms with Gasteiger partial charge in [0.1, 0.15) is 17.6 Å². The van der Waals surface area contributed by atoms with Crippen LogP contribution in [0.25, 0.3) is 0 Å². The number of carbonyl (C=O) groups excluding carboxylic acids is 3. The summed E-state index contributed by atoms with van der Waals surface area (Å²) in [5.41, 5.74) is -1.95. The first kappa shape index (κ1) is 27.8. The highest BCUT2D eigenvalue weighted by molar-refractivity contribution is 5.98. The normalized spacial score (nSPS) is 34.9. The van der Waals surface area contributed by atoms with Gasteiger partial charge in [-0.25, -0.2) is 0 Å². The molecule has 1 spiro atoms. The highest BCUT2D eigenvalue weighted by Gasteiger charge is 2.80. The molecular weight excluding hydrogens is 472 g/mol. The van der Waals surface area contributed by atoms with Gasteiger partial charge in [0.25, 0.3) is 0 Å². The Labute approximate surface area is 221 Å². The molecule has 3 heterocycles. The standard InChI is InChI=1S/C29H44N2O6/c1-5-7-18-36-27(35)23-22-25(33)31(16-11-12-17-32)24(29(22)19-20(3)28(23,4)37-29)26(34)30(15-6-2)21-13-9-8-10-14-21/h5-6,20-24,32H,1-2,7-19H2,3-4H3/t20?,22-,23+,24?,28-,29?/m0/s1. The fourth-order valence-electron chi connectivity index (χ4n) is 7.45. The number of hydrogen-bond donors (Lipinski definition) is 1. The summed E-state index contributed by atoms with van der Waals surface area (Å²) in [5.74, 6) is -2.30. The van der Waals surface area contributed by atoms with E-state index in [-0.39, 0.29) is 37.0 Å². The Morgan fingerprint density at radius 1 is 1.22 bits per heavy atom. The maximum absolute atomic E-state index is 14.5. The van der Waals surface area contributed by atoms with Gasteiger partial charge in [-0.3, -0.25) is 14.4 Å². The number of esters is 1. The maximum atomic E-state index is 14.5. The van der Waals surface area contributed by atoms with Gasteiger partial charge in [0.15, 0.2) is 0 Å². The molecule has 6 atom stereocenters. The predicted molar refractivity (Wildman–Crippen MR) is 139 cm³/mol. The van der Waals surface area contributed by atoms with Crippen LogP contribution in [0.15, 0.2) is 25.3 Å². The van der Waals surface area contributed by atoms with Crippen LogP contribution in [0, 0.1) is 17.8 Å². The van der Waals surface area contributed by atoms with Crippen LogP contribution in [-0.4, -0.2) is 82.3 Å². The number of aliphatic hydroxyl groups is 1. The van der Waals surface area contributed by atoms with E-state index in [1.165, 1.54) is 6.42 Å². The van der Waals surface area contributed by atoms with E-state index < -0.39 is 35.0 Å². The second kappa shape index (κ2) is 11.3. The lowest BCUT2D eigenvalue weighted by Gasteiger charge is -2.41. The zero-order valence-electron chi connectivity index (χ0n) is 22.5. The molecule has 37 heavy (non-hydrogen) atoms. The van der Waals surface area contributed by atoms with Crippen molar-refractivity contribution < 1.29 is 29.0 Å². The number of rotatable bonds is 12. The molecule has 0 aromatic carbocycles. The fraction of sp³-hybridized carbons (Fsp3) is 0.759. The highest BCUT2D eigenvalue weighted by atomic mass is 16.6. The average molecular weight is 517 g/mol. The Morgan fingerprint density at radius 3 is 2.59 bits per heavy atom. The molecule has 4 aliphatic rings. The van der Waals surface area contributed by atoms with Crippen LogP contribution in [0.5, 0.6) is 0 Å². The minimum atomic E-state index is -1.07. The first-order chi connectivity index (χ1) is 17.8.